The van der Waals surface area contributed by atoms with Gasteiger partial charge in [-0.3, -0.25) is 14.6 Å². The molecule has 1 saturated carbocycles. The molecule has 1 aliphatic carbocycles. The minimum atomic E-state index is 0.0166. The molecule has 2 amide bonds. The van der Waals surface area contributed by atoms with E-state index < -0.39 is 0 Å². The van der Waals surface area contributed by atoms with E-state index in [2.05, 4.69) is 41.1 Å². The number of benzene rings is 1. The van der Waals surface area contributed by atoms with E-state index in [1.807, 2.05) is 24.0 Å². The summed E-state index contributed by atoms with van der Waals surface area (Å²) in [4.78, 5) is 34.9. The third-order valence-electron chi connectivity index (χ3n) is 7.41. The quantitative estimate of drug-likeness (QED) is 0.784. The highest BCUT2D eigenvalue weighted by atomic mass is 16.2. The molecule has 5 heteroatoms. The largest absolute Gasteiger partial charge is 0.337 e. The van der Waals surface area contributed by atoms with E-state index in [0.717, 1.165) is 31.4 Å². The van der Waals surface area contributed by atoms with Gasteiger partial charge < -0.3 is 9.80 Å². The number of hydrogen-bond acceptors (Lipinski definition) is 3. The lowest BCUT2D eigenvalue weighted by Crippen LogP contribution is -2.42. The summed E-state index contributed by atoms with van der Waals surface area (Å²) in [7, 11) is 0. The average molecular weight is 404 g/mol. The number of hydrogen-bond donors (Lipinski definition) is 0. The Morgan fingerprint density at radius 1 is 0.967 bits per heavy atom. The Bertz CT molecular complexity index is 984. The minimum absolute atomic E-state index is 0.0166. The van der Waals surface area contributed by atoms with Gasteiger partial charge in [-0.25, -0.2) is 0 Å². The van der Waals surface area contributed by atoms with Crippen LogP contribution in [0.5, 0.6) is 0 Å². The van der Waals surface area contributed by atoms with E-state index in [1.54, 1.807) is 6.20 Å². The molecule has 2 aromatic rings. The van der Waals surface area contributed by atoms with E-state index in [0.29, 0.717) is 30.6 Å². The smallest absolute Gasteiger partial charge is 0.272 e. The predicted molar refractivity (Wildman–Crippen MR) is 115 cm³/mol. The molecular formula is C25H29N3O2. The number of carbonyl (C=O) groups is 2. The number of nitrogens with zero attached hydrogens (tertiary/aromatic N) is 3. The van der Waals surface area contributed by atoms with Crippen molar-refractivity contribution in [2.75, 3.05) is 19.6 Å². The predicted octanol–water partition coefficient (Wildman–Crippen LogP) is 3.77. The van der Waals surface area contributed by atoms with Gasteiger partial charge in [-0.1, -0.05) is 36.8 Å². The van der Waals surface area contributed by atoms with Gasteiger partial charge in [0, 0.05) is 43.6 Å². The van der Waals surface area contributed by atoms with Gasteiger partial charge in [0.2, 0.25) is 5.91 Å². The molecule has 0 bridgehead atoms. The van der Waals surface area contributed by atoms with Crippen LogP contribution in [0.2, 0.25) is 0 Å². The Hall–Kier alpha value is -2.69. The van der Waals surface area contributed by atoms with Crippen molar-refractivity contribution in [3.63, 3.8) is 0 Å². The first-order valence-corrected chi connectivity index (χ1v) is 11.1. The molecule has 5 nitrogen and oxygen atoms in total. The Labute approximate surface area is 178 Å². The summed E-state index contributed by atoms with van der Waals surface area (Å²) in [5.74, 6) is 1.14. The molecular weight excluding hydrogens is 374 g/mol. The number of amides is 2. The van der Waals surface area contributed by atoms with Gasteiger partial charge >= 0.3 is 0 Å². The third-order valence-corrected chi connectivity index (χ3v) is 7.41. The topological polar surface area (TPSA) is 53.5 Å². The van der Waals surface area contributed by atoms with Crippen LogP contribution in [0.4, 0.5) is 0 Å². The summed E-state index contributed by atoms with van der Waals surface area (Å²) < 4.78 is 0. The second-order valence-electron chi connectivity index (χ2n) is 9.22. The van der Waals surface area contributed by atoms with Crippen LogP contribution in [0.3, 0.4) is 0 Å². The van der Waals surface area contributed by atoms with Crippen LogP contribution in [-0.4, -0.2) is 46.2 Å². The fraction of sp³-hybridized carbons (Fsp3) is 0.480. The second kappa shape index (κ2) is 7.53. The molecule has 156 valence electrons. The molecule has 0 N–H and O–H groups in total. The summed E-state index contributed by atoms with van der Waals surface area (Å²) in [5, 5.41) is 0. The summed E-state index contributed by atoms with van der Waals surface area (Å²) in [6.45, 7) is 6.21. The first-order chi connectivity index (χ1) is 14.5. The Morgan fingerprint density at radius 2 is 1.73 bits per heavy atom. The first-order valence-electron chi connectivity index (χ1n) is 11.1. The molecule has 2 aliphatic heterocycles. The maximum Gasteiger partial charge on any atom is 0.272 e. The molecule has 1 aromatic carbocycles. The van der Waals surface area contributed by atoms with Crippen molar-refractivity contribution in [1.29, 1.82) is 0 Å². The van der Waals surface area contributed by atoms with Crippen molar-refractivity contribution >= 4 is 11.8 Å². The molecule has 2 saturated heterocycles. The standard InChI is InChI=1S/C25H29N3O2/c1-16-7-3-4-11-20(16)23-21-15-27(25(30)22-17(2)8-6-12-26-22)13-19(21)14-28(23)24(29)18-9-5-10-18/h3-4,6-8,11-12,18-19,21,23H,5,9-10,13-15H2,1-2H3/t19-,21-,23+/m0/s1. The van der Waals surface area contributed by atoms with Crippen LogP contribution < -0.4 is 0 Å². The fourth-order valence-corrected chi connectivity index (χ4v) is 5.50. The Kier molecular flexibility index (Phi) is 4.84. The monoisotopic (exact) mass is 403 g/mol. The summed E-state index contributed by atoms with van der Waals surface area (Å²) in [6.07, 6.45) is 4.90. The second-order valence-corrected chi connectivity index (χ2v) is 9.22. The lowest BCUT2D eigenvalue weighted by molar-refractivity contribution is -0.139. The summed E-state index contributed by atoms with van der Waals surface area (Å²) in [6, 6.07) is 12.3. The first kappa shape index (κ1) is 19.3. The highest BCUT2D eigenvalue weighted by Gasteiger charge is 2.51. The number of fused-ring (bicyclic) bond motifs is 1. The van der Waals surface area contributed by atoms with Crippen molar-refractivity contribution in [3.05, 3.63) is 65.0 Å². The van der Waals surface area contributed by atoms with Crippen LogP contribution in [0.15, 0.2) is 42.6 Å². The molecule has 0 spiro atoms. The maximum atomic E-state index is 13.3. The van der Waals surface area contributed by atoms with Crippen LogP contribution in [0, 0.1) is 31.6 Å². The van der Waals surface area contributed by atoms with Crippen LogP contribution in [0.25, 0.3) is 0 Å². The van der Waals surface area contributed by atoms with Crippen molar-refractivity contribution in [1.82, 2.24) is 14.8 Å². The minimum Gasteiger partial charge on any atom is -0.337 e. The molecule has 30 heavy (non-hydrogen) atoms. The molecule has 5 rings (SSSR count). The lowest BCUT2D eigenvalue weighted by Gasteiger charge is -2.35. The molecule has 3 fully saturated rings. The molecule has 3 heterocycles. The molecule has 1 aromatic heterocycles. The van der Waals surface area contributed by atoms with Crippen molar-refractivity contribution in [2.45, 2.75) is 39.2 Å². The summed E-state index contributed by atoms with van der Waals surface area (Å²) >= 11 is 0. The number of pyridine rings is 1. The number of likely N-dealkylation sites (tertiary alicyclic amines) is 2. The fourth-order valence-electron chi connectivity index (χ4n) is 5.50. The SMILES string of the molecule is Cc1ccccc1[C@@H]1[C@H]2CN(C(=O)c3ncccc3C)C[C@H]2CN1C(=O)C1CCC1. The molecule has 0 unspecified atom stereocenters. The van der Waals surface area contributed by atoms with E-state index in [9.17, 15) is 9.59 Å². The van der Waals surface area contributed by atoms with E-state index in [4.69, 9.17) is 0 Å². The highest BCUT2D eigenvalue weighted by molar-refractivity contribution is 5.94. The van der Waals surface area contributed by atoms with E-state index >= 15 is 0 Å². The van der Waals surface area contributed by atoms with Crippen molar-refractivity contribution < 1.29 is 9.59 Å². The molecule has 3 aliphatic rings. The molecule has 3 atom stereocenters. The summed E-state index contributed by atoms with van der Waals surface area (Å²) in [5.41, 5.74) is 3.92. The van der Waals surface area contributed by atoms with E-state index in [1.165, 1.54) is 11.1 Å². The Morgan fingerprint density at radius 3 is 2.43 bits per heavy atom. The lowest BCUT2D eigenvalue weighted by atomic mass is 9.83. The van der Waals surface area contributed by atoms with E-state index in [-0.39, 0.29) is 23.8 Å². The number of rotatable bonds is 3. The van der Waals surface area contributed by atoms with Gasteiger partial charge in [0.25, 0.3) is 5.91 Å². The normalized spacial score (nSPS) is 25.9. The van der Waals surface area contributed by atoms with Crippen molar-refractivity contribution in [3.8, 4) is 0 Å². The van der Waals surface area contributed by atoms with Gasteiger partial charge in [0.05, 0.1) is 6.04 Å². The van der Waals surface area contributed by atoms with Crippen molar-refractivity contribution in [2.24, 2.45) is 17.8 Å². The zero-order valence-electron chi connectivity index (χ0n) is 17.8. The number of carbonyl (C=O) groups excluding carboxylic acids is 2. The maximum absolute atomic E-state index is 13.3. The van der Waals surface area contributed by atoms with Gasteiger partial charge in [-0.05, 0) is 49.4 Å². The Balaban J connectivity index is 1.44. The van der Waals surface area contributed by atoms with Gasteiger partial charge in [0.15, 0.2) is 0 Å². The van der Waals surface area contributed by atoms with Gasteiger partial charge in [-0.15, -0.1) is 0 Å². The van der Waals surface area contributed by atoms with Gasteiger partial charge in [0.1, 0.15) is 5.69 Å². The zero-order valence-corrected chi connectivity index (χ0v) is 17.8. The number of aryl methyl sites for hydroxylation is 2. The highest BCUT2D eigenvalue weighted by Crippen LogP contribution is 2.47. The van der Waals surface area contributed by atoms with Crippen LogP contribution in [0.1, 0.15) is 52.5 Å². The number of aromatic nitrogens is 1. The van der Waals surface area contributed by atoms with Crippen LogP contribution in [-0.2, 0) is 4.79 Å². The average Bonchev–Trinajstić information content (AvgIpc) is 3.25. The van der Waals surface area contributed by atoms with Crippen LogP contribution >= 0.6 is 0 Å². The molecule has 0 radical (unpaired) electrons. The van der Waals surface area contributed by atoms with Gasteiger partial charge in [-0.2, -0.15) is 0 Å². The third kappa shape index (κ3) is 3.11. The zero-order chi connectivity index (χ0) is 20.8.